The normalized spacial score (nSPS) is 12.0. The predicted molar refractivity (Wildman–Crippen MR) is 75.8 cm³/mol. The minimum atomic E-state index is -0.0491. The fourth-order valence-electron chi connectivity index (χ4n) is 1.70. The third kappa shape index (κ3) is 6.98. The summed E-state index contributed by atoms with van der Waals surface area (Å²) in [4.78, 5) is 0. The maximum absolute atomic E-state index is 5.96. The van der Waals surface area contributed by atoms with E-state index in [1.165, 1.54) is 38.5 Å². The molecule has 0 aliphatic heterocycles. The Balaban J connectivity index is 3.48. The fraction of sp³-hybridized carbons (Fsp3) is 1.00. The summed E-state index contributed by atoms with van der Waals surface area (Å²) in [6, 6.07) is 0. The topological polar surface area (TPSA) is 12.0 Å². The van der Waals surface area contributed by atoms with Crippen molar-refractivity contribution in [1.29, 1.82) is 0 Å². The van der Waals surface area contributed by atoms with Gasteiger partial charge in [0.25, 0.3) is 0 Å². The molecule has 0 spiro atoms. The van der Waals surface area contributed by atoms with E-state index >= 15 is 0 Å². The molecule has 0 saturated carbocycles. The number of nitrogens with one attached hydrogen (secondary N) is 1. The van der Waals surface area contributed by atoms with Crippen LogP contribution in [0.25, 0.3) is 0 Å². The van der Waals surface area contributed by atoms with Gasteiger partial charge in [-0.3, -0.25) is 0 Å². The van der Waals surface area contributed by atoms with Crippen LogP contribution in [-0.2, 0) is 0 Å². The van der Waals surface area contributed by atoms with E-state index in [9.17, 15) is 0 Å². The Morgan fingerprint density at radius 2 is 1.44 bits per heavy atom. The van der Waals surface area contributed by atoms with Gasteiger partial charge in [0.1, 0.15) is 0 Å². The molecule has 0 aromatic heterocycles. The molecule has 0 radical (unpaired) electrons. The van der Waals surface area contributed by atoms with Crippen molar-refractivity contribution < 1.29 is 0 Å². The number of rotatable bonds is 11. The highest BCUT2D eigenvalue weighted by molar-refractivity contribution is 6.22. The van der Waals surface area contributed by atoms with Gasteiger partial charge in [-0.15, -0.1) is 23.2 Å². The zero-order valence-corrected chi connectivity index (χ0v) is 12.3. The maximum Gasteiger partial charge on any atom is 0.0451 e. The van der Waals surface area contributed by atoms with Crippen LogP contribution in [0.2, 0.25) is 0 Å². The van der Waals surface area contributed by atoms with Crippen molar-refractivity contribution in [2.45, 2.75) is 64.3 Å². The third-order valence-corrected chi connectivity index (χ3v) is 4.24. The Kier molecular flexibility index (Phi) is 11.0. The molecule has 0 bridgehead atoms. The second-order valence-electron chi connectivity index (χ2n) is 4.60. The van der Waals surface area contributed by atoms with Gasteiger partial charge in [0, 0.05) is 17.3 Å². The maximum atomic E-state index is 5.96. The number of hydrogen-bond donors (Lipinski definition) is 1. The molecule has 1 nitrogen and oxygen atoms in total. The van der Waals surface area contributed by atoms with Crippen molar-refractivity contribution >= 4 is 23.2 Å². The molecule has 0 aliphatic carbocycles. The van der Waals surface area contributed by atoms with Crippen LogP contribution in [0.1, 0.15) is 58.8 Å². The van der Waals surface area contributed by atoms with E-state index in [-0.39, 0.29) is 5.54 Å². The number of hydrogen-bond acceptors (Lipinski definition) is 1. The largest absolute Gasteiger partial charge is 0.309 e. The molecular formula is C13H27Cl2N. The van der Waals surface area contributed by atoms with Gasteiger partial charge in [-0.2, -0.15) is 0 Å². The Morgan fingerprint density at radius 1 is 0.875 bits per heavy atom. The van der Waals surface area contributed by atoms with Gasteiger partial charge >= 0.3 is 0 Å². The molecule has 1 N–H and O–H groups in total. The second kappa shape index (κ2) is 10.7. The average molecular weight is 268 g/mol. The van der Waals surface area contributed by atoms with Crippen molar-refractivity contribution in [2.24, 2.45) is 0 Å². The van der Waals surface area contributed by atoms with Crippen LogP contribution in [0.15, 0.2) is 0 Å². The molecule has 0 fully saturated rings. The molecule has 0 atom stereocenters. The van der Waals surface area contributed by atoms with Crippen molar-refractivity contribution in [3.05, 3.63) is 0 Å². The van der Waals surface area contributed by atoms with Crippen molar-refractivity contribution in [1.82, 2.24) is 5.32 Å². The van der Waals surface area contributed by atoms with Crippen LogP contribution in [0, 0.1) is 0 Å². The van der Waals surface area contributed by atoms with Crippen LogP contribution >= 0.6 is 23.2 Å². The Bertz CT molecular complexity index is 139. The molecule has 0 aromatic rings. The van der Waals surface area contributed by atoms with Crippen LogP contribution in [0.3, 0.4) is 0 Å². The number of halogens is 2. The number of unbranched alkanes of at least 4 members (excludes halogenated alkanes) is 5. The van der Waals surface area contributed by atoms with E-state index in [4.69, 9.17) is 23.2 Å². The fourth-order valence-corrected chi connectivity index (χ4v) is 2.56. The summed E-state index contributed by atoms with van der Waals surface area (Å²) in [6.07, 6.45) is 8.97. The summed E-state index contributed by atoms with van der Waals surface area (Å²) < 4.78 is 0. The lowest BCUT2D eigenvalue weighted by Crippen LogP contribution is -2.48. The SMILES string of the molecule is CCCCCCCCNC(CC)(CCl)CCl. The highest BCUT2D eigenvalue weighted by Gasteiger charge is 2.24. The quantitative estimate of drug-likeness (QED) is 0.428. The standard InChI is InChI=1S/C13H27Cl2N/c1-3-5-6-7-8-9-10-16-13(4-2,11-14)12-15/h16H,3-12H2,1-2H3. The molecule has 98 valence electrons. The van der Waals surface area contributed by atoms with Crippen LogP contribution in [0.5, 0.6) is 0 Å². The highest BCUT2D eigenvalue weighted by atomic mass is 35.5. The predicted octanol–water partition coefficient (Wildman–Crippen LogP) is 4.56. The molecule has 0 unspecified atom stereocenters. The van der Waals surface area contributed by atoms with Crippen molar-refractivity contribution in [3.63, 3.8) is 0 Å². The van der Waals surface area contributed by atoms with Gasteiger partial charge < -0.3 is 5.32 Å². The van der Waals surface area contributed by atoms with Crippen LogP contribution in [-0.4, -0.2) is 23.8 Å². The van der Waals surface area contributed by atoms with Gasteiger partial charge in [0.05, 0.1) is 0 Å². The zero-order chi connectivity index (χ0) is 12.3. The van der Waals surface area contributed by atoms with Gasteiger partial charge in [-0.05, 0) is 19.4 Å². The second-order valence-corrected chi connectivity index (χ2v) is 5.13. The van der Waals surface area contributed by atoms with Crippen LogP contribution in [0.4, 0.5) is 0 Å². The first kappa shape index (κ1) is 16.5. The van der Waals surface area contributed by atoms with Gasteiger partial charge in [0.2, 0.25) is 0 Å². The molecule has 0 amide bonds. The average Bonchev–Trinajstić information content (AvgIpc) is 2.34. The lowest BCUT2D eigenvalue weighted by molar-refractivity contribution is 0.380. The molecule has 0 aromatic carbocycles. The summed E-state index contributed by atoms with van der Waals surface area (Å²) in [5, 5.41) is 3.51. The Morgan fingerprint density at radius 3 is 1.94 bits per heavy atom. The summed E-state index contributed by atoms with van der Waals surface area (Å²) in [6.45, 7) is 5.43. The van der Waals surface area contributed by atoms with E-state index in [1.807, 2.05) is 0 Å². The lowest BCUT2D eigenvalue weighted by atomic mass is 10.0. The first-order chi connectivity index (χ1) is 7.74. The minimum absolute atomic E-state index is 0.0491. The summed E-state index contributed by atoms with van der Waals surface area (Å²) >= 11 is 11.9. The monoisotopic (exact) mass is 267 g/mol. The Labute approximate surface area is 111 Å². The van der Waals surface area contributed by atoms with Crippen molar-refractivity contribution in [2.75, 3.05) is 18.3 Å². The van der Waals surface area contributed by atoms with E-state index in [0.717, 1.165) is 13.0 Å². The molecule has 0 aliphatic rings. The smallest absolute Gasteiger partial charge is 0.0451 e. The summed E-state index contributed by atoms with van der Waals surface area (Å²) in [5.41, 5.74) is -0.0491. The zero-order valence-electron chi connectivity index (χ0n) is 10.8. The molecule has 0 heterocycles. The summed E-state index contributed by atoms with van der Waals surface area (Å²) in [7, 11) is 0. The van der Waals surface area contributed by atoms with Gasteiger partial charge in [0.15, 0.2) is 0 Å². The molecule has 0 saturated heterocycles. The van der Waals surface area contributed by atoms with E-state index in [1.54, 1.807) is 0 Å². The highest BCUT2D eigenvalue weighted by Crippen LogP contribution is 2.15. The van der Waals surface area contributed by atoms with E-state index in [2.05, 4.69) is 19.2 Å². The van der Waals surface area contributed by atoms with E-state index < -0.39 is 0 Å². The molecule has 0 rings (SSSR count). The lowest BCUT2D eigenvalue weighted by Gasteiger charge is -2.29. The molecule has 16 heavy (non-hydrogen) atoms. The van der Waals surface area contributed by atoms with Gasteiger partial charge in [-0.25, -0.2) is 0 Å². The van der Waals surface area contributed by atoms with Crippen molar-refractivity contribution in [3.8, 4) is 0 Å². The molecular weight excluding hydrogens is 241 g/mol. The number of alkyl halides is 2. The minimum Gasteiger partial charge on any atom is -0.309 e. The first-order valence-electron chi connectivity index (χ1n) is 6.61. The van der Waals surface area contributed by atoms with E-state index in [0.29, 0.717) is 11.8 Å². The third-order valence-electron chi connectivity index (χ3n) is 3.22. The Hall–Kier alpha value is 0.540. The summed E-state index contributed by atoms with van der Waals surface area (Å²) in [5.74, 6) is 1.20. The van der Waals surface area contributed by atoms with Crippen LogP contribution < -0.4 is 5.32 Å². The molecule has 3 heteroatoms. The first-order valence-corrected chi connectivity index (χ1v) is 7.68. The van der Waals surface area contributed by atoms with Gasteiger partial charge in [-0.1, -0.05) is 46.0 Å².